The summed E-state index contributed by atoms with van der Waals surface area (Å²) < 4.78 is 38.6. The van der Waals surface area contributed by atoms with Crippen LogP contribution in [0.5, 0.6) is 0 Å². The molecule has 2 fully saturated rings. The van der Waals surface area contributed by atoms with Gasteiger partial charge in [-0.25, -0.2) is 14.0 Å². The van der Waals surface area contributed by atoms with Crippen LogP contribution in [0.2, 0.25) is 0 Å². The van der Waals surface area contributed by atoms with E-state index in [1.807, 2.05) is 46.4 Å². The van der Waals surface area contributed by atoms with Gasteiger partial charge >= 0.3 is 115 Å². The molecule has 0 saturated carbocycles. The minimum atomic E-state index is -1.02. The van der Waals surface area contributed by atoms with Gasteiger partial charge in [0.15, 0.2) is 0 Å². The quantitative estimate of drug-likeness (QED) is 0.0836. The number of amides is 4. The first-order valence-electron chi connectivity index (χ1n) is 17.4. The monoisotopic (exact) mass is 895 g/mol. The van der Waals surface area contributed by atoms with Crippen LogP contribution in [0, 0.1) is 26.0 Å². The molecule has 2 aliphatic heterocycles. The zero-order valence-corrected chi connectivity index (χ0v) is 40.6. The van der Waals surface area contributed by atoms with E-state index in [0.29, 0.717) is 31.9 Å². The Hall–Kier alpha value is -2.96. The van der Waals surface area contributed by atoms with E-state index >= 15 is 0 Å². The number of rotatable bonds is 6. The molecule has 25 heteroatoms. The molecule has 320 valence electrons. The maximum atomic E-state index is 12.5. The van der Waals surface area contributed by atoms with Crippen molar-refractivity contribution in [3.8, 4) is 0 Å². The minimum absolute atomic E-state index is 0. The average molecular weight is 896 g/mol. The van der Waals surface area contributed by atoms with Crippen LogP contribution >= 0.6 is 0 Å². The molecule has 0 aromatic heterocycles. The Morgan fingerprint density at radius 3 is 1.53 bits per heavy atom. The summed E-state index contributed by atoms with van der Waals surface area (Å²) in [6.07, 6.45) is -0.567. The Bertz CT molecular complexity index is 1720. The molecule has 21 nitrogen and oxygen atoms in total. The van der Waals surface area contributed by atoms with Gasteiger partial charge in [-0.05, 0) is 65.8 Å². The number of hydrogen-bond acceptors (Lipinski definition) is 15. The van der Waals surface area contributed by atoms with E-state index in [0.717, 1.165) is 44.4 Å². The summed E-state index contributed by atoms with van der Waals surface area (Å²) in [7, 11) is -1.00. The standard InChI is InChI=1S/C16H22N4O5.C9H18N2O2.C7H5FN2O3.CH3F.CH2O3.2K.H/c1-16(2,3)25-15(22)19-8-6-18(7-9-19)11-4-5-13(20(23)24)12(10-11)14(17)21;1-9(2,3)13-8(12)11-6-4-10-5-7-11;8-4-1-2-6(10(12)13)5(3-4)7(9)11;1-2;2-1-4-3;;;/h4-5,10H,6-9H2,1-3H3,(H2,17,21);10H,4-7H2,1-3H3;1-3H,(H2,9,11);1H3;1,3H;;;/q;;;;;2*+1;-1/p-1/i;;;1D;;;;. The number of nitro groups is 2. The van der Waals surface area contributed by atoms with Crippen molar-refractivity contribution in [2.45, 2.75) is 52.7 Å². The van der Waals surface area contributed by atoms with Gasteiger partial charge in [0.2, 0.25) is 0 Å². The number of nitro benzene ring substituents is 2. The van der Waals surface area contributed by atoms with E-state index in [9.17, 15) is 48.2 Å². The third-order valence-corrected chi connectivity index (χ3v) is 6.97. The first-order valence-corrected chi connectivity index (χ1v) is 16.7. The Morgan fingerprint density at radius 2 is 1.17 bits per heavy atom. The van der Waals surface area contributed by atoms with Crippen LogP contribution in [0.25, 0.3) is 0 Å². The zero-order chi connectivity index (χ0) is 44.8. The van der Waals surface area contributed by atoms with Gasteiger partial charge in [0, 0.05) is 70.2 Å². The molecule has 5 N–H and O–H groups in total. The Labute approximate surface area is 427 Å². The van der Waals surface area contributed by atoms with Gasteiger partial charge in [0.25, 0.3) is 29.7 Å². The van der Waals surface area contributed by atoms with Crippen LogP contribution in [-0.4, -0.2) is 121 Å². The molecule has 0 bridgehead atoms. The molecule has 2 saturated heterocycles. The number of primary amides is 2. The van der Waals surface area contributed by atoms with Crippen LogP contribution in [0.4, 0.5) is 35.4 Å². The Kier molecular flexibility index (Phi) is 29.7. The normalized spacial score (nSPS) is 13.2. The minimum Gasteiger partial charge on any atom is -1.00 e. The molecular weight excluding hydrogens is 845 g/mol. The molecule has 0 aliphatic carbocycles. The summed E-state index contributed by atoms with van der Waals surface area (Å²) in [5.41, 5.74) is 8.41. The number of alkyl halides is 1. The number of nitrogens with zero attached hydrogens (tertiary/aromatic N) is 5. The fraction of sp³-hybridized carbons (Fsp3) is 0.500. The van der Waals surface area contributed by atoms with Crippen LogP contribution in [-0.2, 0) is 19.2 Å². The third-order valence-electron chi connectivity index (χ3n) is 6.97. The maximum Gasteiger partial charge on any atom is 1.00 e. The molecule has 2 aromatic carbocycles. The van der Waals surface area contributed by atoms with Gasteiger partial charge in [-0.15, -0.1) is 0 Å². The Balaban J connectivity index is -0.000000385. The van der Waals surface area contributed by atoms with Gasteiger partial charge in [-0.1, -0.05) is 0 Å². The van der Waals surface area contributed by atoms with Crippen molar-refractivity contribution < 1.29 is 168 Å². The van der Waals surface area contributed by atoms with Gasteiger partial charge in [0.1, 0.15) is 28.1 Å². The van der Waals surface area contributed by atoms with Crippen LogP contribution in [0.3, 0.4) is 0 Å². The van der Waals surface area contributed by atoms with E-state index in [2.05, 4.69) is 10.2 Å². The third kappa shape index (κ3) is 24.2. The Morgan fingerprint density at radius 1 is 0.797 bits per heavy atom. The number of carbonyl (C=O) groups is 5. The summed E-state index contributed by atoms with van der Waals surface area (Å²) in [6.45, 7) is 16.1. The molecule has 0 atom stereocenters. The maximum absolute atomic E-state index is 12.5. The molecule has 0 spiro atoms. The number of nitrogens with one attached hydrogen (secondary N) is 1. The summed E-state index contributed by atoms with van der Waals surface area (Å²) in [5.74, 6) is -2.61. The number of ether oxygens (including phenoxy) is 2. The number of anilines is 1. The molecule has 2 aliphatic rings. The van der Waals surface area contributed by atoms with Crippen molar-refractivity contribution >= 4 is 47.5 Å². The molecule has 4 rings (SSSR count). The second-order valence-electron chi connectivity index (χ2n) is 13.5. The average Bonchev–Trinajstić information content (AvgIpc) is 3.14. The van der Waals surface area contributed by atoms with Crippen molar-refractivity contribution in [3.05, 3.63) is 73.6 Å². The van der Waals surface area contributed by atoms with Crippen molar-refractivity contribution in [1.29, 1.82) is 0 Å². The summed E-state index contributed by atoms with van der Waals surface area (Å²) in [5, 5.41) is 32.9. The van der Waals surface area contributed by atoms with Crippen molar-refractivity contribution in [1.82, 2.24) is 15.1 Å². The van der Waals surface area contributed by atoms with E-state index < -0.39 is 51.5 Å². The number of halogens is 2. The molecule has 2 aromatic rings. The summed E-state index contributed by atoms with van der Waals surface area (Å²) in [6, 6.07) is 6.80. The molecule has 2 heterocycles. The molecule has 0 radical (unpaired) electrons. The number of piperazine rings is 2. The molecule has 59 heavy (non-hydrogen) atoms. The van der Waals surface area contributed by atoms with Crippen LogP contribution < -0.4 is 130 Å². The fourth-order valence-electron chi connectivity index (χ4n) is 4.59. The number of hydrogen-bond donors (Lipinski definition) is 3. The summed E-state index contributed by atoms with van der Waals surface area (Å²) >= 11 is 0. The van der Waals surface area contributed by atoms with E-state index in [1.54, 1.807) is 15.9 Å². The van der Waals surface area contributed by atoms with E-state index in [-0.39, 0.29) is 140 Å². The van der Waals surface area contributed by atoms with Gasteiger partial charge in [-0.2, -0.15) is 0 Å². The number of benzene rings is 2. The largest absolute Gasteiger partial charge is 1.00 e. The first kappa shape index (κ1) is 58.1. The second-order valence-corrected chi connectivity index (χ2v) is 13.5. The SMILES string of the molecule is CC(C)(C)OC(=O)N1CCN(c2ccc([N+](=O)[O-])c(C(N)=O)c2)CC1.CC(C)(C)OC(=O)N1CCNCC1.NC(=O)c1cc(F)ccc1[N+](=O)[O-].O=CO[O-].[2H]CF.[H-].[K+].[K+]. The zero-order valence-electron chi connectivity index (χ0n) is 36.4. The number of carbonyl (C=O) groups excluding carboxylic acids is 5. The smallest absolute Gasteiger partial charge is 1.00 e. The number of nitrogens with two attached hydrogens (primary N) is 2. The predicted molar refractivity (Wildman–Crippen MR) is 199 cm³/mol. The molecular formula is C34H50F2K2N8O13. The van der Waals surface area contributed by atoms with E-state index in [1.165, 1.54) is 12.1 Å². The first-order chi connectivity index (χ1) is 26.9. The second kappa shape index (κ2) is 30.1. The predicted octanol–water partition coefficient (Wildman–Crippen LogP) is -3.45. The topological polar surface area (TPSA) is 296 Å². The molecule has 0 unspecified atom stereocenters. The van der Waals surface area contributed by atoms with Gasteiger partial charge in [-0.3, -0.25) is 39.0 Å². The van der Waals surface area contributed by atoms with Crippen molar-refractivity contribution in [2.75, 3.05) is 64.4 Å². The van der Waals surface area contributed by atoms with Crippen LogP contribution in [0.1, 0.15) is 65.1 Å². The molecule has 4 amide bonds. The van der Waals surface area contributed by atoms with Crippen molar-refractivity contribution in [3.63, 3.8) is 0 Å². The van der Waals surface area contributed by atoms with Crippen LogP contribution in [0.15, 0.2) is 36.4 Å². The van der Waals surface area contributed by atoms with E-state index in [4.69, 9.17) is 32.4 Å². The fourth-order valence-corrected chi connectivity index (χ4v) is 4.59. The van der Waals surface area contributed by atoms with Gasteiger partial charge < -0.3 is 52.5 Å². The van der Waals surface area contributed by atoms with Crippen molar-refractivity contribution in [2.24, 2.45) is 11.5 Å². The summed E-state index contributed by atoms with van der Waals surface area (Å²) in [4.78, 5) is 82.1. The van der Waals surface area contributed by atoms with Gasteiger partial charge in [0.05, 0.1) is 18.4 Å².